The van der Waals surface area contributed by atoms with Gasteiger partial charge in [-0.15, -0.1) is 0 Å². The maximum absolute atomic E-state index is 12.6. The Hall–Kier alpha value is -1.77. The highest BCUT2D eigenvalue weighted by Crippen LogP contribution is 2.18. The number of methoxy groups -OCH3 is 1. The van der Waals surface area contributed by atoms with Crippen molar-refractivity contribution in [3.63, 3.8) is 0 Å². The topological polar surface area (TPSA) is 71.1 Å². The van der Waals surface area contributed by atoms with E-state index in [4.69, 9.17) is 9.47 Å². The van der Waals surface area contributed by atoms with E-state index < -0.39 is 0 Å². The van der Waals surface area contributed by atoms with Crippen LogP contribution in [0.3, 0.4) is 0 Å². The van der Waals surface area contributed by atoms with Crippen LogP contribution in [0.1, 0.15) is 37.0 Å². The third kappa shape index (κ3) is 7.53. The Morgan fingerprint density at radius 3 is 2.62 bits per heavy atom. The van der Waals surface area contributed by atoms with Crippen LogP contribution in [0.15, 0.2) is 24.3 Å². The number of carbonyl (C=O) groups is 2. The molecule has 8 heteroatoms. The monoisotopic (exact) mass is 423 g/mol. The summed E-state index contributed by atoms with van der Waals surface area (Å²) in [5, 5.41) is 0. The molecular formula is C21H33N3O4S. The molecule has 2 unspecified atom stereocenters. The number of hydrogen-bond acceptors (Lipinski definition) is 6. The standard InChI is InChI=1S/C16H23N3O2S.C5H10O2/c1-3-10-22-17-15-6-4-14(5-7-15)16(21)19-9-8-18(12-20)11-13(19)2;1-6-5-2-3-7-4-5/h4-7,12-13,17H,3,8-11H2,1-2H3;5H,2-4H2,1H3. The van der Waals surface area contributed by atoms with Crippen molar-refractivity contribution in [1.82, 2.24) is 9.80 Å². The molecule has 2 amide bonds. The highest BCUT2D eigenvalue weighted by Gasteiger charge is 2.27. The van der Waals surface area contributed by atoms with Gasteiger partial charge in [-0.2, -0.15) is 0 Å². The van der Waals surface area contributed by atoms with Gasteiger partial charge in [-0.3, -0.25) is 9.59 Å². The summed E-state index contributed by atoms with van der Waals surface area (Å²) in [7, 11) is 1.72. The highest BCUT2D eigenvalue weighted by atomic mass is 32.2. The molecule has 2 fully saturated rings. The lowest BCUT2D eigenvalue weighted by Gasteiger charge is -2.38. The molecule has 0 bridgehead atoms. The first kappa shape index (κ1) is 23.5. The first-order valence-corrected chi connectivity index (χ1v) is 11.2. The summed E-state index contributed by atoms with van der Waals surface area (Å²) in [4.78, 5) is 26.9. The van der Waals surface area contributed by atoms with Crippen LogP contribution in [-0.4, -0.2) is 80.0 Å². The van der Waals surface area contributed by atoms with Crippen LogP contribution in [0.4, 0.5) is 5.69 Å². The number of hydrogen-bond donors (Lipinski definition) is 1. The minimum atomic E-state index is 0.0332. The van der Waals surface area contributed by atoms with Crippen molar-refractivity contribution in [3.8, 4) is 0 Å². The van der Waals surface area contributed by atoms with Crippen LogP contribution >= 0.6 is 11.9 Å². The molecule has 2 atom stereocenters. The molecule has 2 saturated heterocycles. The fraction of sp³-hybridized carbons (Fsp3) is 0.619. The van der Waals surface area contributed by atoms with Crippen molar-refractivity contribution in [3.05, 3.63) is 29.8 Å². The Kier molecular flexibility index (Phi) is 10.3. The molecule has 0 saturated carbocycles. The van der Waals surface area contributed by atoms with Crippen molar-refractivity contribution in [2.24, 2.45) is 0 Å². The number of benzene rings is 1. The minimum Gasteiger partial charge on any atom is -0.379 e. The third-order valence-electron chi connectivity index (χ3n) is 4.92. The van der Waals surface area contributed by atoms with Gasteiger partial charge in [-0.1, -0.05) is 18.9 Å². The van der Waals surface area contributed by atoms with Crippen molar-refractivity contribution in [2.75, 3.05) is 50.4 Å². The molecule has 7 nitrogen and oxygen atoms in total. The zero-order valence-corrected chi connectivity index (χ0v) is 18.5. The van der Waals surface area contributed by atoms with Crippen molar-refractivity contribution >= 4 is 30.0 Å². The molecule has 29 heavy (non-hydrogen) atoms. The van der Waals surface area contributed by atoms with Crippen LogP contribution in [0, 0.1) is 0 Å². The second-order valence-electron chi connectivity index (χ2n) is 7.20. The van der Waals surface area contributed by atoms with Gasteiger partial charge < -0.3 is 24.0 Å². The normalized spacial score (nSPS) is 21.3. The zero-order chi connectivity index (χ0) is 21.1. The lowest BCUT2D eigenvalue weighted by atomic mass is 10.1. The molecule has 162 valence electrons. The molecule has 0 radical (unpaired) electrons. The van der Waals surface area contributed by atoms with Crippen LogP contribution in [-0.2, 0) is 14.3 Å². The number of amides is 2. The number of nitrogens with one attached hydrogen (secondary N) is 1. The van der Waals surface area contributed by atoms with Gasteiger partial charge in [0.1, 0.15) is 0 Å². The molecule has 1 aromatic carbocycles. The Balaban J connectivity index is 0.000000360. The first-order valence-electron chi connectivity index (χ1n) is 10.2. The van der Waals surface area contributed by atoms with Gasteiger partial charge in [0.05, 0.1) is 12.7 Å². The van der Waals surface area contributed by atoms with Crippen LogP contribution < -0.4 is 4.72 Å². The Morgan fingerprint density at radius 2 is 2.10 bits per heavy atom. The summed E-state index contributed by atoms with van der Waals surface area (Å²) >= 11 is 1.67. The minimum absolute atomic E-state index is 0.0332. The summed E-state index contributed by atoms with van der Waals surface area (Å²) in [6.07, 6.45) is 3.42. The van der Waals surface area contributed by atoms with Gasteiger partial charge >= 0.3 is 0 Å². The van der Waals surface area contributed by atoms with Gasteiger partial charge in [-0.25, -0.2) is 0 Å². The average molecular weight is 424 g/mol. The lowest BCUT2D eigenvalue weighted by Crippen LogP contribution is -2.53. The van der Waals surface area contributed by atoms with Gasteiger partial charge in [-0.05, 0) is 44.0 Å². The van der Waals surface area contributed by atoms with E-state index in [1.807, 2.05) is 36.1 Å². The van der Waals surface area contributed by atoms with Crippen molar-refractivity contribution < 1.29 is 19.1 Å². The fourth-order valence-corrected chi connectivity index (χ4v) is 3.77. The number of piperazine rings is 1. The summed E-state index contributed by atoms with van der Waals surface area (Å²) in [5.74, 6) is 1.09. The van der Waals surface area contributed by atoms with E-state index >= 15 is 0 Å². The summed E-state index contributed by atoms with van der Waals surface area (Å²) < 4.78 is 13.3. The first-order chi connectivity index (χ1) is 14.1. The molecule has 0 spiro atoms. The van der Waals surface area contributed by atoms with Crippen LogP contribution in [0.25, 0.3) is 0 Å². The van der Waals surface area contributed by atoms with E-state index in [-0.39, 0.29) is 11.9 Å². The Morgan fingerprint density at radius 1 is 1.34 bits per heavy atom. The molecule has 1 aromatic rings. The van der Waals surface area contributed by atoms with E-state index in [0.717, 1.165) is 43.9 Å². The number of ether oxygens (including phenoxy) is 2. The van der Waals surface area contributed by atoms with Gasteiger partial charge in [0.2, 0.25) is 6.41 Å². The quantitative estimate of drug-likeness (QED) is 0.413. The molecule has 3 rings (SSSR count). The van der Waals surface area contributed by atoms with Gasteiger partial charge in [0.25, 0.3) is 5.91 Å². The summed E-state index contributed by atoms with van der Waals surface area (Å²) in [6, 6.07) is 7.63. The second-order valence-corrected chi connectivity index (χ2v) is 8.10. The Bertz CT molecular complexity index is 623. The number of rotatable bonds is 7. The third-order valence-corrected chi connectivity index (χ3v) is 5.91. The van der Waals surface area contributed by atoms with E-state index in [2.05, 4.69) is 11.6 Å². The predicted octanol–water partition coefficient (Wildman–Crippen LogP) is 2.88. The molecule has 0 aromatic heterocycles. The van der Waals surface area contributed by atoms with E-state index in [1.54, 1.807) is 24.0 Å². The van der Waals surface area contributed by atoms with Gasteiger partial charge in [0.15, 0.2) is 0 Å². The SMILES string of the molecule is CCCSNc1ccc(C(=O)N2CCN(C=O)CC2C)cc1.COC1CCOC1. The van der Waals surface area contributed by atoms with Crippen molar-refractivity contribution in [2.45, 2.75) is 38.8 Å². The fourth-order valence-electron chi connectivity index (χ4n) is 3.17. The molecule has 2 aliphatic rings. The van der Waals surface area contributed by atoms with E-state index in [9.17, 15) is 9.59 Å². The molecule has 1 N–H and O–H groups in total. The lowest BCUT2D eigenvalue weighted by molar-refractivity contribution is -0.120. The number of nitrogens with zero attached hydrogens (tertiary/aromatic N) is 2. The maximum atomic E-state index is 12.6. The van der Waals surface area contributed by atoms with E-state index in [1.165, 1.54) is 0 Å². The number of anilines is 1. The Labute approximate surface area is 178 Å². The molecule has 2 heterocycles. The molecule has 0 aliphatic carbocycles. The van der Waals surface area contributed by atoms with Gasteiger partial charge in [0, 0.05) is 56.4 Å². The smallest absolute Gasteiger partial charge is 0.254 e. The maximum Gasteiger partial charge on any atom is 0.254 e. The predicted molar refractivity (Wildman–Crippen MR) is 117 cm³/mol. The van der Waals surface area contributed by atoms with Crippen LogP contribution in [0.5, 0.6) is 0 Å². The summed E-state index contributed by atoms with van der Waals surface area (Å²) in [6.45, 7) is 7.57. The number of carbonyl (C=O) groups excluding carboxylic acids is 2. The average Bonchev–Trinajstić information content (AvgIpc) is 3.28. The largest absolute Gasteiger partial charge is 0.379 e. The zero-order valence-electron chi connectivity index (χ0n) is 17.6. The van der Waals surface area contributed by atoms with Crippen molar-refractivity contribution in [1.29, 1.82) is 0 Å². The molecular weight excluding hydrogens is 390 g/mol. The van der Waals surface area contributed by atoms with Crippen LogP contribution in [0.2, 0.25) is 0 Å². The molecule has 2 aliphatic heterocycles. The summed E-state index contributed by atoms with van der Waals surface area (Å²) in [5.41, 5.74) is 1.70. The highest BCUT2D eigenvalue weighted by molar-refractivity contribution is 8.00. The van der Waals surface area contributed by atoms with E-state index in [0.29, 0.717) is 31.3 Å². The second kappa shape index (κ2) is 12.7.